The maximum Gasteiger partial charge on any atom is 0.230 e. The molecule has 1 aliphatic heterocycles. The minimum Gasteiger partial charge on any atom is -0.436 e. The molecule has 2 aromatic heterocycles. The van der Waals surface area contributed by atoms with Crippen molar-refractivity contribution >= 4 is 22.5 Å². The van der Waals surface area contributed by atoms with Crippen LogP contribution in [0.1, 0.15) is 11.3 Å². The summed E-state index contributed by atoms with van der Waals surface area (Å²) in [6.45, 7) is 7.58. The molecular weight excluding hydrogens is 447 g/mol. The molecule has 5 rings (SSSR count). The lowest BCUT2D eigenvalue weighted by Crippen LogP contribution is -2.46. The minimum absolute atomic E-state index is 0.113. The van der Waals surface area contributed by atoms with Gasteiger partial charge >= 0.3 is 0 Å². The van der Waals surface area contributed by atoms with Gasteiger partial charge in [-0.25, -0.2) is 9.37 Å². The van der Waals surface area contributed by atoms with Gasteiger partial charge < -0.3 is 20.1 Å². The van der Waals surface area contributed by atoms with Crippen molar-refractivity contribution in [1.82, 2.24) is 24.8 Å². The van der Waals surface area contributed by atoms with Crippen LogP contribution in [0.3, 0.4) is 0 Å². The number of nitrogens with one attached hydrogen (secondary N) is 2. The first-order valence-corrected chi connectivity index (χ1v) is 11.8. The molecule has 0 unspecified atom stereocenters. The second-order valence-corrected chi connectivity index (χ2v) is 8.78. The number of H-pyrrole nitrogens is 1. The van der Waals surface area contributed by atoms with Gasteiger partial charge in [-0.2, -0.15) is 4.98 Å². The number of fused-ring (bicyclic) bond motifs is 1. The zero-order valence-electron chi connectivity index (χ0n) is 19.7. The van der Waals surface area contributed by atoms with Crippen LogP contribution in [0.4, 0.5) is 16.0 Å². The number of hydrogen-bond donors (Lipinski definition) is 3. The summed E-state index contributed by atoms with van der Waals surface area (Å²) in [5.74, 6) is 0.313. The van der Waals surface area contributed by atoms with Crippen molar-refractivity contribution in [2.75, 3.05) is 44.6 Å². The van der Waals surface area contributed by atoms with Gasteiger partial charge in [-0.1, -0.05) is 12.1 Å². The van der Waals surface area contributed by atoms with Crippen molar-refractivity contribution in [3.05, 3.63) is 71.8 Å². The van der Waals surface area contributed by atoms with Crippen molar-refractivity contribution in [2.45, 2.75) is 13.5 Å². The fourth-order valence-corrected chi connectivity index (χ4v) is 4.39. The molecule has 1 saturated heterocycles. The number of hydrogen-bond acceptors (Lipinski definition) is 7. The zero-order valence-corrected chi connectivity index (χ0v) is 19.7. The topological polar surface area (TPSA) is 89.5 Å². The maximum absolute atomic E-state index is 14.9. The largest absolute Gasteiger partial charge is 0.436 e. The van der Waals surface area contributed by atoms with Gasteiger partial charge in [0.25, 0.3) is 0 Å². The van der Waals surface area contributed by atoms with E-state index in [1.807, 2.05) is 19.1 Å². The molecule has 4 aromatic rings. The molecule has 1 aliphatic rings. The number of piperazine rings is 1. The third-order valence-electron chi connectivity index (χ3n) is 6.15. The van der Waals surface area contributed by atoms with Gasteiger partial charge in [-0.3, -0.25) is 9.80 Å². The summed E-state index contributed by atoms with van der Waals surface area (Å²) in [5, 5.41) is 12.8. The average molecular weight is 477 g/mol. The van der Waals surface area contributed by atoms with Crippen LogP contribution < -0.4 is 10.1 Å². The summed E-state index contributed by atoms with van der Waals surface area (Å²) < 4.78 is 20.6. The normalized spacial score (nSPS) is 14.9. The third-order valence-corrected chi connectivity index (χ3v) is 6.15. The third kappa shape index (κ3) is 5.59. The summed E-state index contributed by atoms with van der Waals surface area (Å²) in [7, 11) is 0. The monoisotopic (exact) mass is 476 g/mol. The molecule has 8 nitrogen and oxygen atoms in total. The number of anilines is 2. The number of halogens is 1. The molecule has 0 spiro atoms. The lowest BCUT2D eigenvalue weighted by Gasteiger charge is -2.34. The molecule has 9 heteroatoms. The van der Waals surface area contributed by atoms with Gasteiger partial charge in [-0.05, 0) is 42.8 Å². The Hall–Kier alpha value is -3.53. The number of aromatic amines is 1. The predicted molar refractivity (Wildman–Crippen MR) is 134 cm³/mol. The van der Waals surface area contributed by atoms with E-state index >= 15 is 0 Å². The lowest BCUT2D eigenvalue weighted by molar-refractivity contribution is 0.108. The first-order valence-electron chi connectivity index (χ1n) is 11.8. The molecule has 0 aliphatic carbocycles. The van der Waals surface area contributed by atoms with Crippen LogP contribution in [0.25, 0.3) is 10.9 Å². The second-order valence-electron chi connectivity index (χ2n) is 8.78. The van der Waals surface area contributed by atoms with Crippen molar-refractivity contribution in [2.24, 2.45) is 0 Å². The highest BCUT2D eigenvalue weighted by atomic mass is 19.1. The molecule has 3 heterocycles. The van der Waals surface area contributed by atoms with Gasteiger partial charge in [0.1, 0.15) is 0 Å². The number of aliphatic hydroxyl groups is 1. The first kappa shape index (κ1) is 23.2. The lowest BCUT2D eigenvalue weighted by atomic mass is 10.1. The molecule has 2 aromatic carbocycles. The van der Waals surface area contributed by atoms with Gasteiger partial charge in [0.2, 0.25) is 11.8 Å². The van der Waals surface area contributed by atoms with E-state index in [1.54, 1.807) is 30.5 Å². The number of benzene rings is 2. The van der Waals surface area contributed by atoms with Crippen LogP contribution in [-0.4, -0.2) is 69.2 Å². The summed E-state index contributed by atoms with van der Waals surface area (Å²) in [6, 6.07) is 14.9. The van der Waals surface area contributed by atoms with E-state index in [0.29, 0.717) is 11.3 Å². The van der Waals surface area contributed by atoms with E-state index in [9.17, 15) is 4.39 Å². The Morgan fingerprint density at radius 1 is 1.09 bits per heavy atom. The smallest absolute Gasteiger partial charge is 0.230 e. The average Bonchev–Trinajstić information content (AvgIpc) is 3.24. The summed E-state index contributed by atoms with van der Waals surface area (Å²) in [5.41, 5.74) is 3.67. The van der Waals surface area contributed by atoms with Crippen LogP contribution in [0, 0.1) is 12.7 Å². The van der Waals surface area contributed by atoms with E-state index in [-0.39, 0.29) is 18.2 Å². The number of aliphatic hydroxyl groups excluding tert-OH is 1. The maximum atomic E-state index is 14.9. The highest BCUT2D eigenvalue weighted by molar-refractivity contribution is 5.82. The number of nitrogens with zero attached hydrogens (tertiary/aromatic N) is 4. The molecule has 0 saturated carbocycles. The minimum atomic E-state index is -0.426. The quantitative estimate of drug-likeness (QED) is 0.354. The SMILES string of the molecule is Cc1cc2c(F)c(Oc3ccnc(Nc4cccc(CN5CCN(CCO)CC5)c4)n3)ccc2[nH]1. The highest BCUT2D eigenvalue weighted by Crippen LogP contribution is 2.30. The molecule has 1 fully saturated rings. The van der Waals surface area contributed by atoms with Crippen LogP contribution >= 0.6 is 0 Å². The zero-order chi connectivity index (χ0) is 24.2. The van der Waals surface area contributed by atoms with E-state index < -0.39 is 5.82 Å². The molecule has 0 bridgehead atoms. The predicted octanol–water partition coefficient (Wildman–Crippen LogP) is 4.05. The molecule has 0 radical (unpaired) electrons. The van der Waals surface area contributed by atoms with Crippen LogP contribution in [-0.2, 0) is 6.54 Å². The highest BCUT2D eigenvalue weighted by Gasteiger charge is 2.17. The van der Waals surface area contributed by atoms with E-state index in [4.69, 9.17) is 9.84 Å². The van der Waals surface area contributed by atoms with E-state index in [1.165, 1.54) is 5.56 Å². The Morgan fingerprint density at radius 3 is 2.74 bits per heavy atom. The molecular formula is C26H29FN6O2. The molecule has 3 N–H and O–H groups in total. The number of β-amino-alcohol motifs (C(OH)–C–C–N with tert-alkyl or cyclic N) is 1. The van der Waals surface area contributed by atoms with Crippen molar-refractivity contribution in [1.29, 1.82) is 0 Å². The summed E-state index contributed by atoms with van der Waals surface area (Å²) in [4.78, 5) is 16.5. The van der Waals surface area contributed by atoms with Crippen molar-refractivity contribution in [3.63, 3.8) is 0 Å². The number of aromatic nitrogens is 3. The van der Waals surface area contributed by atoms with Crippen LogP contribution in [0.5, 0.6) is 11.6 Å². The van der Waals surface area contributed by atoms with Crippen LogP contribution in [0.15, 0.2) is 54.7 Å². The molecule has 0 amide bonds. The van der Waals surface area contributed by atoms with E-state index in [2.05, 4.69) is 42.2 Å². The van der Waals surface area contributed by atoms with E-state index in [0.717, 1.165) is 56.2 Å². The van der Waals surface area contributed by atoms with Crippen molar-refractivity contribution < 1.29 is 14.2 Å². The fraction of sp³-hybridized carbons (Fsp3) is 0.308. The molecule has 182 valence electrons. The number of rotatable bonds is 8. The van der Waals surface area contributed by atoms with Crippen LogP contribution in [0.2, 0.25) is 0 Å². The first-order chi connectivity index (χ1) is 17.1. The van der Waals surface area contributed by atoms with Gasteiger partial charge in [0, 0.05) is 73.8 Å². The Labute approximate surface area is 203 Å². The molecule has 35 heavy (non-hydrogen) atoms. The number of ether oxygens (including phenoxy) is 1. The summed E-state index contributed by atoms with van der Waals surface area (Å²) >= 11 is 0. The Kier molecular flexibility index (Phi) is 6.89. The second kappa shape index (κ2) is 10.4. The Bertz CT molecular complexity index is 1300. The van der Waals surface area contributed by atoms with Gasteiger partial charge in [0.15, 0.2) is 11.6 Å². The Morgan fingerprint density at radius 2 is 1.91 bits per heavy atom. The van der Waals surface area contributed by atoms with Gasteiger partial charge in [0.05, 0.1) is 6.61 Å². The summed E-state index contributed by atoms with van der Waals surface area (Å²) in [6.07, 6.45) is 1.58. The van der Waals surface area contributed by atoms with Crippen molar-refractivity contribution in [3.8, 4) is 11.6 Å². The molecule has 0 atom stereocenters. The fourth-order valence-electron chi connectivity index (χ4n) is 4.39. The number of aryl methyl sites for hydroxylation is 1. The van der Waals surface area contributed by atoms with Gasteiger partial charge in [-0.15, -0.1) is 0 Å². The Balaban J connectivity index is 1.24. The standard InChI is InChI=1S/C26H29FN6O2/c1-18-15-21-22(29-18)5-6-23(25(21)27)35-24-7-8-28-26(31-24)30-20-4-2-3-19(16-20)17-33-11-9-32(10-12-33)13-14-34/h2-8,15-16,29,34H,9-14,17H2,1H3,(H,28,30,31).